The lowest BCUT2D eigenvalue weighted by atomic mass is 10.2. The molecule has 0 aromatic heterocycles. The number of amides is 1. The van der Waals surface area contributed by atoms with Crippen LogP contribution in [-0.2, 0) is 10.5 Å². The number of carbonyl (C=O) groups is 1. The van der Waals surface area contributed by atoms with Crippen molar-refractivity contribution in [3.63, 3.8) is 0 Å². The number of thioether (sulfide) groups is 2. The number of anilines is 1. The molecule has 0 saturated heterocycles. The van der Waals surface area contributed by atoms with Gasteiger partial charge in [0, 0.05) is 15.1 Å². The highest BCUT2D eigenvalue weighted by molar-refractivity contribution is 9.10. The van der Waals surface area contributed by atoms with Crippen molar-refractivity contribution in [2.45, 2.75) is 10.6 Å². The molecule has 0 bridgehead atoms. The van der Waals surface area contributed by atoms with E-state index in [1.807, 2.05) is 24.3 Å². The molecule has 1 amide bonds. The maximum absolute atomic E-state index is 11.9. The third-order valence-electron chi connectivity index (χ3n) is 2.81. The second-order valence-electron chi connectivity index (χ2n) is 4.37. The van der Waals surface area contributed by atoms with Gasteiger partial charge in [0.1, 0.15) is 0 Å². The molecule has 0 atom stereocenters. The molecule has 0 aliphatic heterocycles. The standard InChI is InChI=1S/C16H16BrNOS2/c1-20-13-8-6-12(7-9-13)10-21-11-16(19)18-15-5-3-2-4-14(15)17/h2-9H,10-11H2,1H3,(H,18,19). The van der Waals surface area contributed by atoms with E-state index in [0.717, 1.165) is 15.9 Å². The molecule has 2 aromatic carbocycles. The second kappa shape index (κ2) is 8.51. The lowest BCUT2D eigenvalue weighted by Gasteiger charge is -2.07. The van der Waals surface area contributed by atoms with Crippen LogP contribution in [0.2, 0.25) is 0 Å². The van der Waals surface area contributed by atoms with Crippen molar-refractivity contribution in [3.8, 4) is 0 Å². The summed E-state index contributed by atoms with van der Waals surface area (Å²) >= 11 is 6.77. The number of para-hydroxylation sites is 1. The fourth-order valence-corrected chi connectivity index (χ4v) is 3.31. The molecule has 0 aliphatic rings. The molecule has 0 radical (unpaired) electrons. The summed E-state index contributed by atoms with van der Waals surface area (Å²) in [4.78, 5) is 13.2. The minimum absolute atomic E-state index is 0.0210. The number of nitrogens with one attached hydrogen (secondary N) is 1. The zero-order chi connectivity index (χ0) is 15.1. The molecule has 0 fully saturated rings. The maximum atomic E-state index is 11.9. The van der Waals surface area contributed by atoms with Crippen LogP contribution in [0.15, 0.2) is 57.9 Å². The first-order valence-corrected chi connectivity index (χ1v) is 9.61. The molecule has 2 rings (SSSR count). The molecule has 110 valence electrons. The van der Waals surface area contributed by atoms with Crippen LogP contribution in [0.3, 0.4) is 0 Å². The molecule has 5 heteroatoms. The molecule has 1 N–H and O–H groups in total. The summed E-state index contributed by atoms with van der Waals surface area (Å²) in [6.07, 6.45) is 2.07. The third kappa shape index (κ3) is 5.41. The van der Waals surface area contributed by atoms with E-state index in [0.29, 0.717) is 5.75 Å². The fourth-order valence-electron chi connectivity index (χ4n) is 1.73. The molecule has 0 spiro atoms. The Balaban J connectivity index is 1.77. The summed E-state index contributed by atoms with van der Waals surface area (Å²) in [7, 11) is 0. The zero-order valence-electron chi connectivity index (χ0n) is 11.6. The highest BCUT2D eigenvalue weighted by Crippen LogP contribution is 2.22. The molecular formula is C16H16BrNOS2. The number of hydrogen-bond acceptors (Lipinski definition) is 3. The maximum Gasteiger partial charge on any atom is 0.234 e. The second-order valence-corrected chi connectivity index (χ2v) is 7.09. The summed E-state index contributed by atoms with van der Waals surface area (Å²) in [6, 6.07) is 16.1. The van der Waals surface area contributed by atoms with Crippen LogP contribution in [0.25, 0.3) is 0 Å². The van der Waals surface area contributed by atoms with Gasteiger partial charge in [0.25, 0.3) is 0 Å². The fraction of sp³-hybridized carbons (Fsp3) is 0.188. The number of benzene rings is 2. The van der Waals surface area contributed by atoms with Gasteiger partial charge in [-0.25, -0.2) is 0 Å². The minimum Gasteiger partial charge on any atom is -0.324 e. The molecule has 2 nitrogen and oxygen atoms in total. The summed E-state index contributed by atoms with van der Waals surface area (Å²) in [5, 5.41) is 2.90. The third-order valence-corrected chi connectivity index (χ3v) is 5.25. The quantitative estimate of drug-likeness (QED) is 0.710. The van der Waals surface area contributed by atoms with Crippen molar-refractivity contribution < 1.29 is 4.79 Å². The Kier molecular flexibility index (Phi) is 6.67. The molecule has 0 aliphatic carbocycles. The van der Waals surface area contributed by atoms with E-state index in [4.69, 9.17) is 0 Å². The Hall–Kier alpha value is -0.910. The van der Waals surface area contributed by atoms with Crippen molar-refractivity contribution in [1.29, 1.82) is 0 Å². The Bertz CT molecular complexity index is 601. The average Bonchev–Trinajstić information content (AvgIpc) is 2.50. The van der Waals surface area contributed by atoms with Crippen LogP contribution in [-0.4, -0.2) is 17.9 Å². The van der Waals surface area contributed by atoms with E-state index in [1.54, 1.807) is 23.5 Å². The van der Waals surface area contributed by atoms with E-state index in [2.05, 4.69) is 51.8 Å². The first kappa shape index (κ1) is 16.5. The Morgan fingerprint density at radius 1 is 1.14 bits per heavy atom. The highest BCUT2D eigenvalue weighted by atomic mass is 79.9. The van der Waals surface area contributed by atoms with Gasteiger partial charge in [-0.15, -0.1) is 23.5 Å². The van der Waals surface area contributed by atoms with Gasteiger partial charge in [0.05, 0.1) is 11.4 Å². The zero-order valence-corrected chi connectivity index (χ0v) is 14.9. The Morgan fingerprint density at radius 2 is 1.86 bits per heavy atom. The van der Waals surface area contributed by atoms with E-state index in [1.165, 1.54) is 10.5 Å². The van der Waals surface area contributed by atoms with Crippen molar-refractivity contribution in [3.05, 3.63) is 58.6 Å². The Morgan fingerprint density at radius 3 is 2.52 bits per heavy atom. The molecule has 0 unspecified atom stereocenters. The smallest absolute Gasteiger partial charge is 0.234 e. The predicted octanol–water partition coefficient (Wildman–Crippen LogP) is 5.04. The largest absolute Gasteiger partial charge is 0.324 e. The van der Waals surface area contributed by atoms with Crippen molar-refractivity contribution in [1.82, 2.24) is 0 Å². The molecule has 2 aromatic rings. The number of rotatable bonds is 6. The summed E-state index contributed by atoms with van der Waals surface area (Å²) < 4.78 is 0.899. The normalized spacial score (nSPS) is 10.4. The van der Waals surface area contributed by atoms with Gasteiger partial charge in [-0.1, -0.05) is 24.3 Å². The van der Waals surface area contributed by atoms with E-state index in [-0.39, 0.29) is 5.91 Å². The van der Waals surface area contributed by atoms with Gasteiger partial charge in [0.2, 0.25) is 5.91 Å². The van der Waals surface area contributed by atoms with Crippen LogP contribution < -0.4 is 5.32 Å². The van der Waals surface area contributed by atoms with E-state index in [9.17, 15) is 4.79 Å². The topological polar surface area (TPSA) is 29.1 Å². The summed E-state index contributed by atoms with van der Waals surface area (Å²) in [6.45, 7) is 0. The molecular weight excluding hydrogens is 366 g/mol. The van der Waals surface area contributed by atoms with Crippen molar-refractivity contribution >= 4 is 51.0 Å². The average molecular weight is 382 g/mol. The molecule has 0 heterocycles. The number of carbonyl (C=O) groups excluding carboxylic acids is 1. The number of hydrogen-bond donors (Lipinski definition) is 1. The van der Waals surface area contributed by atoms with Gasteiger partial charge in [-0.2, -0.15) is 0 Å². The lowest BCUT2D eigenvalue weighted by molar-refractivity contribution is -0.113. The van der Waals surface area contributed by atoms with Crippen LogP contribution in [0.1, 0.15) is 5.56 Å². The van der Waals surface area contributed by atoms with E-state index < -0.39 is 0 Å². The van der Waals surface area contributed by atoms with Crippen molar-refractivity contribution in [2.24, 2.45) is 0 Å². The first-order valence-electron chi connectivity index (χ1n) is 6.44. The summed E-state index contributed by atoms with van der Waals surface area (Å²) in [5.74, 6) is 1.32. The van der Waals surface area contributed by atoms with Gasteiger partial charge >= 0.3 is 0 Å². The minimum atomic E-state index is 0.0210. The van der Waals surface area contributed by atoms with Gasteiger partial charge in [-0.3, -0.25) is 4.79 Å². The van der Waals surface area contributed by atoms with Crippen LogP contribution in [0.4, 0.5) is 5.69 Å². The first-order chi connectivity index (χ1) is 10.2. The highest BCUT2D eigenvalue weighted by Gasteiger charge is 2.05. The van der Waals surface area contributed by atoms with Crippen LogP contribution in [0.5, 0.6) is 0 Å². The van der Waals surface area contributed by atoms with Crippen molar-refractivity contribution in [2.75, 3.05) is 17.3 Å². The van der Waals surface area contributed by atoms with Crippen LogP contribution >= 0.6 is 39.5 Å². The predicted molar refractivity (Wildman–Crippen MR) is 97.2 cm³/mol. The monoisotopic (exact) mass is 381 g/mol. The van der Waals surface area contributed by atoms with Gasteiger partial charge in [0.15, 0.2) is 0 Å². The SMILES string of the molecule is CSc1ccc(CSCC(=O)Nc2ccccc2Br)cc1. The van der Waals surface area contributed by atoms with Gasteiger partial charge in [-0.05, 0) is 52.0 Å². The molecule has 21 heavy (non-hydrogen) atoms. The Labute approximate surface area is 142 Å². The van der Waals surface area contributed by atoms with Crippen LogP contribution in [0, 0.1) is 0 Å². The summed E-state index contributed by atoms with van der Waals surface area (Å²) in [5.41, 5.74) is 2.05. The number of halogens is 1. The lowest BCUT2D eigenvalue weighted by Crippen LogP contribution is -2.14. The van der Waals surface area contributed by atoms with E-state index >= 15 is 0 Å². The molecule has 0 saturated carbocycles. The van der Waals surface area contributed by atoms with Gasteiger partial charge < -0.3 is 5.32 Å².